The highest BCUT2D eigenvalue weighted by Crippen LogP contribution is 2.55. The number of aromatic nitrogens is 5. The zero-order valence-electron chi connectivity index (χ0n) is 20.9. The lowest BCUT2D eigenvalue weighted by Crippen LogP contribution is -2.25. The van der Waals surface area contributed by atoms with E-state index in [0.29, 0.717) is 11.6 Å². The van der Waals surface area contributed by atoms with Gasteiger partial charge in [0.15, 0.2) is 0 Å². The second-order valence-corrected chi connectivity index (χ2v) is 10.3. The monoisotopic (exact) mass is 497 g/mol. The molecule has 37 heavy (non-hydrogen) atoms. The van der Waals surface area contributed by atoms with E-state index < -0.39 is 5.97 Å². The highest BCUT2D eigenvalue weighted by atomic mass is 16.5. The molecule has 190 valence electrons. The molecule has 2 N–H and O–H groups in total. The molecule has 8 nitrogen and oxygen atoms in total. The zero-order valence-corrected chi connectivity index (χ0v) is 20.9. The van der Waals surface area contributed by atoms with Crippen LogP contribution in [-0.2, 0) is 0 Å². The molecule has 0 bridgehead atoms. The standard InChI is InChI=1S/C29H31N5O3/c1-18(19-7-3-2-4-8-19)37-23-12-6-10-21(14-23)20-9-5-11-22(13-20)34-28(26(16-31-34)29(35)36)25-15-24(25)27-17-30-33-32-27/h5-6,9-14,16-19,24-25H,2-4,7-8,15H2,1H3,(H,35,36)(H,30,32,33)/t18?,24-,25-/m0/s1. The van der Waals surface area contributed by atoms with Gasteiger partial charge in [0.05, 0.1) is 35.6 Å². The van der Waals surface area contributed by atoms with Gasteiger partial charge in [-0.15, -0.1) is 0 Å². The number of hydrogen-bond donors (Lipinski definition) is 2. The number of H-pyrrole nitrogens is 1. The van der Waals surface area contributed by atoms with E-state index in [4.69, 9.17) is 4.74 Å². The average molecular weight is 498 g/mol. The van der Waals surface area contributed by atoms with Crippen molar-refractivity contribution >= 4 is 5.97 Å². The Kier molecular flexibility index (Phi) is 6.24. The minimum absolute atomic E-state index is 0.0281. The molecule has 2 aliphatic carbocycles. The summed E-state index contributed by atoms with van der Waals surface area (Å²) in [4.78, 5) is 12.0. The molecule has 1 unspecified atom stereocenters. The third kappa shape index (κ3) is 4.75. The maximum atomic E-state index is 12.0. The molecule has 2 saturated carbocycles. The lowest BCUT2D eigenvalue weighted by atomic mass is 9.86. The van der Waals surface area contributed by atoms with Crippen LogP contribution in [-0.4, -0.2) is 42.4 Å². The first-order valence-electron chi connectivity index (χ1n) is 13.1. The number of rotatable bonds is 8. The van der Waals surface area contributed by atoms with Gasteiger partial charge in [-0.3, -0.25) is 0 Å². The summed E-state index contributed by atoms with van der Waals surface area (Å²) in [6.07, 6.45) is 10.6. The lowest BCUT2D eigenvalue weighted by Gasteiger charge is -2.28. The average Bonchev–Trinajstić information content (AvgIpc) is 3.30. The predicted molar refractivity (Wildman–Crippen MR) is 139 cm³/mol. The van der Waals surface area contributed by atoms with E-state index in [1.54, 1.807) is 10.9 Å². The van der Waals surface area contributed by atoms with Crippen LogP contribution < -0.4 is 4.74 Å². The second kappa shape index (κ2) is 9.84. The Hall–Kier alpha value is -3.94. The Morgan fingerprint density at radius 2 is 1.84 bits per heavy atom. The lowest BCUT2D eigenvalue weighted by molar-refractivity contribution is 0.0695. The van der Waals surface area contributed by atoms with Crippen molar-refractivity contribution in [2.75, 3.05) is 0 Å². The number of ether oxygens (including phenoxy) is 1. The molecule has 6 rings (SSSR count). The Bertz CT molecular complexity index is 1390. The highest BCUT2D eigenvalue weighted by molar-refractivity contribution is 5.89. The van der Waals surface area contributed by atoms with Crippen molar-refractivity contribution in [1.29, 1.82) is 0 Å². The summed E-state index contributed by atoms with van der Waals surface area (Å²) in [5.74, 6) is 0.684. The SMILES string of the molecule is CC(Oc1cccc(-c2cccc(-n3ncc(C(=O)O)c3[C@H]3C[C@@H]3c3cn[nH]n3)c2)c1)C1CCCCC1. The molecule has 2 heterocycles. The van der Waals surface area contributed by atoms with Gasteiger partial charge < -0.3 is 9.84 Å². The summed E-state index contributed by atoms with van der Waals surface area (Å²) in [5, 5.41) is 25.1. The minimum Gasteiger partial charge on any atom is -0.490 e. The molecule has 2 fully saturated rings. The van der Waals surface area contributed by atoms with E-state index in [1.807, 2.05) is 24.3 Å². The Morgan fingerprint density at radius 1 is 1.05 bits per heavy atom. The quantitative estimate of drug-likeness (QED) is 0.310. The number of hydrogen-bond acceptors (Lipinski definition) is 5. The molecule has 0 aliphatic heterocycles. The molecule has 2 aromatic heterocycles. The summed E-state index contributed by atoms with van der Waals surface area (Å²) in [6.45, 7) is 2.19. The van der Waals surface area contributed by atoms with Crippen molar-refractivity contribution in [1.82, 2.24) is 25.2 Å². The maximum Gasteiger partial charge on any atom is 0.339 e. The fraction of sp³-hybridized carbons (Fsp3) is 0.379. The first-order valence-corrected chi connectivity index (χ1v) is 13.1. The number of nitrogens with one attached hydrogen (secondary N) is 1. The van der Waals surface area contributed by atoms with Crippen molar-refractivity contribution in [3.8, 4) is 22.6 Å². The topological polar surface area (TPSA) is 106 Å². The predicted octanol–water partition coefficient (Wildman–Crippen LogP) is 5.97. The zero-order chi connectivity index (χ0) is 25.4. The number of carboxylic acids is 1. The Morgan fingerprint density at radius 3 is 2.59 bits per heavy atom. The molecule has 2 aliphatic rings. The van der Waals surface area contributed by atoms with Crippen molar-refractivity contribution in [2.45, 2.75) is 63.4 Å². The van der Waals surface area contributed by atoms with E-state index in [2.05, 4.69) is 51.7 Å². The van der Waals surface area contributed by atoms with E-state index in [9.17, 15) is 9.90 Å². The number of aromatic amines is 1. The number of carbonyl (C=O) groups is 1. The van der Waals surface area contributed by atoms with E-state index >= 15 is 0 Å². The largest absolute Gasteiger partial charge is 0.490 e. The van der Waals surface area contributed by atoms with Crippen LogP contribution in [0.3, 0.4) is 0 Å². The van der Waals surface area contributed by atoms with Crippen LogP contribution in [0.1, 0.15) is 79.0 Å². The molecule has 0 amide bonds. The summed E-state index contributed by atoms with van der Waals surface area (Å²) >= 11 is 0. The third-order valence-electron chi connectivity index (χ3n) is 7.89. The van der Waals surface area contributed by atoms with E-state index in [0.717, 1.165) is 34.7 Å². The van der Waals surface area contributed by atoms with Crippen LogP contribution in [0.5, 0.6) is 5.75 Å². The van der Waals surface area contributed by atoms with Crippen LogP contribution in [0.15, 0.2) is 60.9 Å². The minimum atomic E-state index is -0.972. The summed E-state index contributed by atoms with van der Waals surface area (Å²) in [5.41, 5.74) is 4.68. The van der Waals surface area contributed by atoms with Crippen molar-refractivity contribution < 1.29 is 14.6 Å². The molecular formula is C29H31N5O3. The van der Waals surface area contributed by atoms with Gasteiger partial charge in [-0.25, -0.2) is 9.48 Å². The molecule has 4 aromatic rings. The van der Waals surface area contributed by atoms with Gasteiger partial charge >= 0.3 is 5.97 Å². The fourth-order valence-electron chi connectivity index (χ4n) is 5.78. The van der Waals surface area contributed by atoms with Crippen LogP contribution in [0.2, 0.25) is 0 Å². The number of nitrogens with zero attached hydrogens (tertiary/aromatic N) is 4. The fourth-order valence-corrected chi connectivity index (χ4v) is 5.78. The van der Waals surface area contributed by atoms with Gasteiger partial charge in [-0.1, -0.05) is 43.5 Å². The molecule has 8 heteroatoms. The van der Waals surface area contributed by atoms with Crippen LogP contribution in [0.4, 0.5) is 0 Å². The van der Waals surface area contributed by atoms with Crippen LogP contribution >= 0.6 is 0 Å². The molecule has 0 saturated heterocycles. The molecular weight excluding hydrogens is 466 g/mol. The Balaban J connectivity index is 1.28. The molecule has 3 atom stereocenters. The summed E-state index contributed by atoms with van der Waals surface area (Å²) < 4.78 is 8.14. The molecule has 2 aromatic carbocycles. The van der Waals surface area contributed by atoms with Gasteiger partial charge in [0.2, 0.25) is 0 Å². The van der Waals surface area contributed by atoms with Gasteiger partial charge in [0.1, 0.15) is 11.3 Å². The first-order chi connectivity index (χ1) is 18.1. The van der Waals surface area contributed by atoms with Gasteiger partial charge in [0, 0.05) is 11.8 Å². The van der Waals surface area contributed by atoms with E-state index in [1.165, 1.54) is 38.3 Å². The summed E-state index contributed by atoms with van der Waals surface area (Å²) in [6, 6.07) is 16.3. The normalized spacial score (nSPS) is 20.5. The summed E-state index contributed by atoms with van der Waals surface area (Å²) in [7, 11) is 0. The van der Waals surface area contributed by atoms with Crippen molar-refractivity contribution in [2.24, 2.45) is 5.92 Å². The highest BCUT2D eigenvalue weighted by Gasteiger charge is 2.45. The number of carboxylic acid groups (broad SMARTS) is 1. The van der Waals surface area contributed by atoms with Gasteiger partial charge in [-0.2, -0.15) is 20.5 Å². The number of aromatic carboxylic acids is 1. The van der Waals surface area contributed by atoms with E-state index in [-0.39, 0.29) is 23.5 Å². The van der Waals surface area contributed by atoms with Crippen molar-refractivity contribution in [3.63, 3.8) is 0 Å². The molecule has 0 spiro atoms. The van der Waals surface area contributed by atoms with Crippen LogP contribution in [0.25, 0.3) is 16.8 Å². The Labute approximate surface area is 215 Å². The van der Waals surface area contributed by atoms with Crippen LogP contribution in [0, 0.1) is 5.92 Å². The smallest absolute Gasteiger partial charge is 0.339 e. The van der Waals surface area contributed by atoms with Gasteiger partial charge in [0.25, 0.3) is 0 Å². The maximum absolute atomic E-state index is 12.0. The van der Waals surface area contributed by atoms with Gasteiger partial charge in [-0.05, 0) is 67.5 Å². The second-order valence-electron chi connectivity index (χ2n) is 10.3. The van der Waals surface area contributed by atoms with Crippen molar-refractivity contribution in [3.05, 3.63) is 77.9 Å². The number of benzene rings is 2. The first kappa shape index (κ1) is 23.5. The third-order valence-corrected chi connectivity index (χ3v) is 7.89. The molecule has 0 radical (unpaired) electrons.